The van der Waals surface area contributed by atoms with E-state index in [0.717, 1.165) is 39.6 Å². The van der Waals surface area contributed by atoms with Gasteiger partial charge in [0.1, 0.15) is 5.75 Å². The van der Waals surface area contributed by atoms with E-state index >= 15 is 0 Å². The first-order valence-electron chi connectivity index (χ1n) is 12.4. The van der Waals surface area contributed by atoms with Crippen LogP contribution in [0.3, 0.4) is 0 Å². The standard InChI is InChI=1S/C29H30ClN3O3S/c30-24-12-16-27(17-13-24)37-20-22-6-10-23(11-7-22)29(35)33-31-18-21-8-14-26(15-9-21)36-19-28(34)32-25-4-2-1-3-5-25/h6-18,25H,1-5,19-20H2,(H,32,34)(H,33,35)/b31-18-. The second kappa shape index (κ2) is 13.9. The van der Waals surface area contributed by atoms with Crippen molar-refractivity contribution in [2.75, 3.05) is 6.61 Å². The molecule has 0 unspecified atom stereocenters. The Bertz CT molecular complexity index is 1190. The number of hydrogen-bond acceptors (Lipinski definition) is 5. The molecule has 2 N–H and O–H groups in total. The molecule has 0 aromatic heterocycles. The molecule has 0 aliphatic heterocycles. The SMILES string of the molecule is O=C(COc1ccc(/C=N\NC(=O)c2ccc(CSc3ccc(Cl)cc3)cc2)cc1)NC1CCCCC1. The van der Waals surface area contributed by atoms with E-state index in [1.807, 2.05) is 48.5 Å². The van der Waals surface area contributed by atoms with Gasteiger partial charge in [0, 0.05) is 27.3 Å². The minimum absolute atomic E-state index is 0.00139. The predicted octanol–water partition coefficient (Wildman–Crippen LogP) is 6.22. The first kappa shape index (κ1) is 26.8. The Morgan fingerprint density at radius 3 is 2.35 bits per heavy atom. The lowest BCUT2D eigenvalue weighted by Gasteiger charge is -2.22. The Labute approximate surface area is 226 Å². The Balaban J connectivity index is 1.18. The zero-order valence-corrected chi connectivity index (χ0v) is 22.1. The molecule has 0 atom stereocenters. The van der Waals surface area contributed by atoms with E-state index in [-0.39, 0.29) is 24.5 Å². The molecule has 1 saturated carbocycles. The number of hydrazone groups is 1. The molecular formula is C29H30ClN3O3S. The van der Waals surface area contributed by atoms with Gasteiger partial charge in [-0.3, -0.25) is 9.59 Å². The molecule has 3 aromatic rings. The van der Waals surface area contributed by atoms with Crippen LogP contribution in [0.2, 0.25) is 5.02 Å². The van der Waals surface area contributed by atoms with Crippen LogP contribution in [0, 0.1) is 0 Å². The number of nitrogens with one attached hydrogen (secondary N) is 2. The van der Waals surface area contributed by atoms with Crippen molar-refractivity contribution >= 4 is 41.4 Å². The molecule has 1 aliphatic carbocycles. The molecule has 8 heteroatoms. The highest BCUT2D eigenvalue weighted by Crippen LogP contribution is 2.24. The van der Waals surface area contributed by atoms with Gasteiger partial charge in [0.05, 0.1) is 6.21 Å². The van der Waals surface area contributed by atoms with Crippen molar-refractivity contribution in [1.29, 1.82) is 0 Å². The van der Waals surface area contributed by atoms with Gasteiger partial charge < -0.3 is 10.1 Å². The molecule has 0 heterocycles. The van der Waals surface area contributed by atoms with E-state index in [1.165, 1.54) is 19.3 Å². The number of thioether (sulfide) groups is 1. The summed E-state index contributed by atoms with van der Waals surface area (Å²) in [6, 6.07) is 22.7. The molecule has 1 aliphatic rings. The van der Waals surface area contributed by atoms with Crippen molar-refractivity contribution in [1.82, 2.24) is 10.7 Å². The average Bonchev–Trinajstić information content (AvgIpc) is 2.93. The van der Waals surface area contributed by atoms with E-state index < -0.39 is 0 Å². The van der Waals surface area contributed by atoms with Crippen LogP contribution in [0.25, 0.3) is 0 Å². The number of rotatable bonds is 10. The second-order valence-electron chi connectivity index (χ2n) is 8.90. The Morgan fingerprint density at radius 1 is 0.946 bits per heavy atom. The van der Waals surface area contributed by atoms with Crippen LogP contribution in [0.4, 0.5) is 0 Å². The van der Waals surface area contributed by atoms with Crippen molar-refractivity contribution in [3.05, 3.63) is 94.5 Å². The molecule has 6 nitrogen and oxygen atoms in total. The average molecular weight is 536 g/mol. The lowest BCUT2D eigenvalue weighted by atomic mass is 9.95. The molecule has 37 heavy (non-hydrogen) atoms. The van der Waals surface area contributed by atoms with Crippen LogP contribution in [0.5, 0.6) is 5.75 Å². The number of halogens is 1. The molecule has 3 aromatic carbocycles. The lowest BCUT2D eigenvalue weighted by Crippen LogP contribution is -2.38. The first-order chi connectivity index (χ1) is 18.0. The minimum atomic E-state index is -0.280. The maximum atomic E-state index is 12.4. The Morgan fingerprint density at radius 2 is 1.65 bits per heavy atom. The molecule has 2 amide bonds. The van der Waals surface area contributed by atoms with Gasteiger partial charge in [-0.25, -0.2) is 5.43 Å². The lowest BCUT2D eigenvalue weighted by molar-refractivity contribution is -0.124. The summed E-state index contributed by atoms with van der Waals surface area (Å²) in [5, 5.41) is 7.81. The monoisotopic (exact) mass is 535 g/mol. The maximum absolute atomic E-state index is 12.4. The summed E-state index contributed by atoms with van der Waals surface area (Å²) in [7, 11) is 0. The largest absolute Gasteiger partial charge is 0.484 e. The zero-order valence-electron chi connectivity index (χ0n) is 20.5. The van der Waals surface area contributed by atoms with E-state index in [1.54, 1.807) is 42.2 Å². The van der Waals surface area contributed by atoms with Crippen molar-refractivity contribution in [2.45, 2.75) is 48.8 Å². The third kappa shape index (κ3) is 8.95. The van der Waals surface area contributed by atoms with Gasteiger partial charge in [0.2, 0.25) is 0 Å². The number of carbonyl (C=O) groups excluding carboxylic acids is 2. The molecule has 0 spiro atoms. The summed E-state index contributed by atoms with van der Waals surface area (Å²) in [6.07, 6.45) is 7.26. The van der Waals surface area contributed by atoms with Gasteiger partial charge in [0.25, 0.3) is 11.8 Å². The predicted molar refractivity (Wildman–Crippen MR) is 149 cm³/mol. The summed E-state index contributed by atoms with van der Waals surface area (Å²) in [5.41, 5.74) is 5.01. The summed E-state index contributed by atoms with van der Waals surface area (Å²) in [4.78, 5) is 25.6. The highest BCUT2D eigenvalue weighted by Gasteiger charge is 2.15. The molecule has 0 saturated heterocycles. The number of hydrogen-bond donors (Lipinski definition) is 2. The second-order valence-corrected chi connectivity index (χ2v) is 10.4. The topological polar surface area (TPSA) is 79.8 Å². The maximum Gasteiger partial charge on any atom is 0.271 e. The third-order valence-corrected chi connectivity index (χ3v) is 7.37. The summed E-state index contributed by atoms with van der Waals surface area (Å²) >= 11 is 7.63. The normalized spacial score (nSPS) is 13.9. The fourth-order valence-electron chi connectivity index (χ4n) is 4.00. The smallest absolute Gasteiger partial charge is 0.271 e. The first-order valence-corrected chi connectivity index (χ1v) is 13.7. The van der Waals surface area contributed by atoms with Crippen LogP contribution in [0.1, 0.15) is 53.6 Å². The highest BCUT2D eigenvalue weighted by molar-refractivity contribution is 7.98. The van der Waals surface area contributed by atoms with Gasteiger partial charge in [-0.15, -0.1) is 11.8 Å². The van der Waals surface area contributed by atoms with Gasteiger partial charge in [0.15, 0.2) is 6.61 Å². The van der Waals surface area contributed by atoms with Gasteiger partial charge in [-0.05, 0) is 84.6 Å². The van der Waals surface area contributed by atoms with E-state index in [2.05, 4.69) is 15.8 Å². The molecule has 192 valence electrons. The van der Waals surface area contributed by atoms with Crippen LogP contribution in [0.15, 0.2) is 82.8 Å². The number of carbonyl (C=O) groups is 2. The van der Waals surface area contributed by atoms with Gasteiger partial charge >= 0.3 is 0 Å². The molecule has 0 radical (unpaired) electrons. The fourth-order valence-corrected chi connectivity index (χ4v) is 4.98. The molecular weight excluding hydrogens is 506 g/mol. The Kier molecular flexibility index (Phi) is 10.0. The van der Waals surface area contributed by atoms with Crippen LogP contribution in [-0.4, -0.2) is 30.7 Å². The minimum Gasteiger partial charge on any atom is -0.484 e. The van der Waals surface area contributed by atoms with Gasteiger partial charge in [-0.2, -0.15) is 5.10 Å². The summed E-state index contributed by atoms with van der Waals surface area (Å²) in [6.45, 7) is -0.00139. The van der Waals surface area contributed by atoms with Crippen LogP contribution in [-0.2, 0) is 10.5 Å². The van der Waals surface area contributed by atoms with E-state index in [9.17, 15) is 9.59 Å². The summed E-state index contributed by atoms with van der Waals surface area (Å²) in [5.74, 6) is 1.03. The third-order valence-electron chi connectivity index (χ3n) is 6.04. The van der Waals surface area contributed by atoms with Crippen molar-refractivity contribution < 1.29 is 14.3 Å². The number of benzene rings is 3. The zero-order chi connectivity index (χ0) is 25.9. The summed E-state index contributed by atoms with van der Waals surface area (Å²) < 4.78 is 5.59. The van der Waals surface area contributed by atoms with Gasteiger partial charge in [-0.1, -0.05) is 43.0 Å². The van der Waals surface area contributed by atoms with Crippen LogP contribution < -0.4 is 15.5 Å². The van der Waals surface area contributed by atoms with E-state index in [0.29, 0.717) is 11.3 Å². The fraction of sp³-hybridized carbons (Fsp3) is 0.276. The van der Waals surface area contributed by atoms with E-state index in [4.69, 9.17) is 16.3 Å². The molecule has 0 bridgehead atoms. The number of ether oxygens (including phenoxy) is 1. The quantitative estimate of drug-likeness (QED) is 0.183. The molecule has 4 rings (SSSR count). The number of nitrogens with zero attached hydrogens (tertiary/aromatic N) is 1. The number of amides is 2. The van der Waals surface area contributed by atoms with Crippen molar-refractivity contribution in [3.8, 4) is 5.75 Å². The van der Waals surface area contributed by atoms with Crippen molar-refractivity contribution in [2.24, 2.45) is 5.10 Å². The molecule has 1 fully saturated rings. The highest BCUT2D eigenvalue weighted by atomic mass is 35.5. The van der Waals surface area contributed by atoms with Crippen molar-refractivity contribution in [3.63, 3.8) is 0 Å². The van der Waals surface area contributed by atoms with Crippen LogP contribution >= 0.6 is 23.4 Å². The Hall–Kier alpha value is -3.29.